The van der Waals surface area contributed by atoms with Crippen LogP contribution < -0.4 is 9.80 Å². The van der Waals surface area contributed by atoms with Gasteiger partial charge < -0.3 is 14.4 Å². The Morgan fingerprint density at radius 3 is 1.34 bits per heavy atom. The Morgan fingerprint density at radius 2 is 0.781 bits per heavy atom. The lowest BCUT2D eigenvalue weighted by Crippen LogP contribution is -2.30. The maximum absolute atomic E-state index is 2.60. The van der Waals surface area contributed by atoms with Crippen molar-refractivity contribution in [3.63, 3.8) is 0 Å². The van der Waals surface area contributed by atoms with Crippen LogP contribution in [0.3, 0.4) is 0 Å². The summed E-state index contributed by atoms with van der Waals surface area (Å²) in [5, 5.41) is 2.53. The minimum absolute atomic E-state index is 0.0811. The predicted molar refractivity (Wildman–Crippen MR) is 266 cm³/mol. The molecule has 0 radical (unpaired) electrons. The second-order valence-electron chi connectivity index (χ2n) is 18.0. The van der Waals surface area contributed by atoms with Gasteiger partial charge in [0.15, 0.2) is 0 Å². The molecule has 3 heteroatoms. The normalized spacial score (nSPS) is 19.8. The summed E-state index contributed by atoms with van der Waals surface area (Å²) in [6.07, 6.45) is 18.4. The lowest BCUT2D eigenvalue weighted by atomic mass is 9.87. The summed E-state index contributed by atoms with van der Waals surface area (Å²) in [5.41, 5.74) is 20.3. The van der Waals surface area contributed by atoms with Crippen LogP contribution in [0.5, 0.6) is 0 Å². The fourth-order valence-corrected chi connectivity index (χ4v) is 12.0. The van der Waals surface area contributed by atoms with Gasteiger partial charge in [-0.3, -0.25) is 0 Å². The van der Waals surface area contributed by atoms with Gasteiger partial charge in [-0.2, -0.15) is 0 Å². The Kier molecular flexibility index (Phi) is 7.70. The standard InChI is InChI=1S/C61H43N3/c1-3-25-53-45(17-1)46-18-2-4-26-54(46)61(53)41-33-39(34-42(37-41)62-55-27-11-5-19-47(55)48-20-6-12-28-56(48)62)40-35-43(63-57-29-13-7-21-49(57)50-22-8-14-30-58(50)63)38-44(36-40)64-59-31-15-9-23-51(59)52-24-10-16-32-60(52)64/h1-38,49,51,57,59,61H. The number of anilines is 4. The quantitative estimate of drug-likeness (QED) is 0.171. The van der Waals surface area contributed by atoms with E-state index < -0.39 is 0 Å². The Balaban J connectivity index is 1.05. The molecule has 0 spiro atoms. The molecular formula is C61H43N3. The first-order chi connectivity index (χ1) is 31.8. The lowest BCUT2D eigenvalue weighted by molar-refractivity contribution is 0.739. The summed E-state index contributed by atoms with van der Waals surface area (Å²) in [4.78, 5) is 5.20. The third-order valence-corrected chi connectivity index (χ3v) is 14.7. The SMILES string of the molecule is C1=CC2c3ccccc3N(c3cc(-c4cc(C5c6ccccc6-c6ccccc65)cc(-n5c6ccccc6c6ccccc65)c4)cc(N4c5ccccc5C5C=CC=CC54)c3)C2C=C1. The zero-order valence-electron chi connectivity index (χ0n) is 35.2. The van der Waals surface area contributed by atoms with Gasteiger partial charge in [-0.15, -0.1) is 0 Å². The molecule has 8 aromatic carbocycles. The minimum Gasteiger partial charge on any atom is -0.333 e. The zero-order chi connectivity index (χ0) is 41.9. The van der Waals surface area contributed by atoms with Gasteiger partial charge in [0.05, 0.1) is 23.1 Å². The van der Waals surface area contributed by atoms with Gasteiger partial charge in [-0.25, -0.2) is 0 Å². The number of para-hydroxylation sites is 4. The number of rotatable bonds is 5. The third kappa shape index (κ3) is 5.15. The molecule has 1 aromatic heterocycles. The minimum atomic E-state index is 0.0811. The molecule has 0 saturated heterocycles. The van der Waals surface area contributed by atoms with Crippen molar-refractivity contribution in [2.75, 3.05) is 9.80 Å². The number of aromatic nitrogens is 1. The van der Waals surface area contributed by atoms with Gasteiger partial charge >= 0.3 is 0 Å². The second kappa shape index (κ2) is 13.8. The molecule has 0 fully saturated rings. The number of hydrogen-bond acceptors (Lipinski definition) is 2. The average molecular weight is 818 g/mol. The average Bonchev–Trinajstić information content (AvgIpc) is 4.09. The van der Waals surface area contributed by atoms with Gasteiger partial charge in [0.25, 0.3) is 0 Å². The molecule has 3 heterocycles. The van der Waals surface area contributed by atoms with Crippen LogP contribution in [-0.4, -0.2) is 16.7 Å². The molecule has 302 valence electrons. The molecule has 0 bridgehead atoms. The summed E-state index contributed by atoms with van der Waals surface area (Å²) in [6.45, 7) is 0. The van der Waals surface area contributed by atoms with Crippen molar-refractivity contribution in [2.24, 2.45) is 0 Å². The highest BCUT2D eigenvalue weighted by Crippen LogP contribution is 2.54. The number of fused-ring (bicyclic) bond motifs is 12. The Morgan fingerprint density at radius 1 is 0.344 bits per heavy atom. The molecule has 0 saturated carbocycles. The van der Waals surface area contributed by atoms with E-state index in [0.717, 1.165) is 5.69 Å². The number of nitrogens with zero attached hydrogens (tertiary/aromatic N) is 3. The largest absolute Gasteiger partial charge is 0.333 e. The zero-order valence-corrected chi connectivity index (χ0v) is 35.2. The lowest BCUT2D eigenvalue weighted by Gasteiger charge is -2.33. The van der Waals surface area contributed by atoms with Gasteiger partial charge in [0.2, 0.25) is 0 Å². The molecule has 5 aliphatic rings. The summed E-state index contributed by atoms with van der Waals surface area (Å²) in [7, 11) is 0. The van der Waals surface area contributed by atoms with E-state index in [0.29, 0.717) is 0 Å². The highest BCUT2D eigenvalue weighted by Gasteiger charge is 2.40. The number of allylic oxidation sites excluding steroid dienone is 4. The van der Waals surface area contributed by atoms with Crippen LogP contribution in [0.15, 0.2) is 231 Å². The van der Waals surface area contributed by atoms with Crippen LogP contribution in [0, 0.1) is 0 Å². The molecule has 64 heavy (non-hydrogen) atoms. The van der Waals surface area contributed by atoms with Crippen LogP contribution in [0.4, 0.5) is 22.7 Å². The van der Waals surface area contributed by atoms with Crippen LogP contribution in [-0.2, 0) is 0 Å². The van der Waals surface area contributed by atoms with Crippen molar-refractivity contribution < 1.29 is 0 Å². The summed E-state index contributed by atoms with van der Waals surface area (Å²) in [6, 6.07) is 69.0. The first-order valence-corrected chi connectivity index (χ1v) is 22.7. The van der Waals surface area contributed by atoms with Crippen LogP contribution >= 0.6 is 0 Å². The van der Waals surface area contributed by atoms with E-state index in [1.54, 1.807) is 0 Å². The van der Waals surface area contributed by atoms with E-state index >= 15 is 0 Å². The Hall–Kier alpha value is -7.88. The van der Waals surface area contributed by atoms with Crippen molar-refractivity contribution >= 4 is 44.6 Å². The third-order valence-electron chi connectivity index (χ3n) is 14.7. The smallest absolute Gasteiger partial charge is 0.0629 e. The van der Waals surface area contributed by atoms with Crippen molar-refractivity contribution in [2.45, 2.75) is 29.8 Å². The van der Waals surface area contributed by atoms with E-state index in [2.05, 4.69) is 245 Å². The molecule has 2 aliphatic heterocycles. The molecule has 14 rings (SSSR count). The van der Waals surface area contributed by atoms with Crippen molar-refractivity contribution in [1.29, 1.82) is 0 Å². The Labute approximate surface area is 373 Å². The van der Waals surface area contributed by atoms with Crippen molar-refractivity contribution in [1.82, 2.24) is 4.57 Å². The molecular weight excluding hydrogens is 775 g/mol. The first kappa shape index (κ1) is 35.7. The maximum Gasteiger partial charge on any atom is 0.0629 e. The van der Waals surface area contributed by atoms with Gasteiger partial charge in [0, 0.05) is 57.0 Å². The summed E-state index contributed by atoms with van der Waals surface area (Å²) in [5.74, 6) is 0.645. The van der Waals surface area contributed by atoms with E-state index in [1.165, 1.54) is 94.6 Å². The fourth-order valence-electron chi connectivity index (χ4n) is 12.0. The number of hydrogen-bond donors (Lipinski definition) is 0. The van der Waals surface area contributed by atoms with Crippen molar-refractivity contribution in [3.8, 4) is 27.9 Å². The Bertz CT molecular complexity index is 3320. The monoisotopic (exact) mass is 817 g/mol. The van der Waals surface area contributed by atoms with Crippen LogP contribution in [0.2, 0.25) is 0 Å². The fraction of sp³-hybridized carbons (Fsp3) is 0.0820. The molecule has 0 N–H and O–H groups in total. The van der Waals surface area contributed by atoms with E-state index in [4.69, 9.17) is 0 Å². The van der Waals surface area contributed by atoms with Gasteiger partial charge in [-0.1, -0.05) is 176 Å². The second-order valence-corrected chi connectivity index (χ2v) is 18.0. The molecule has 4 atom stereocenters. The highest BCUT2D eigenvalue weighted by atomic mass is 15.2. The van der Waals surface area contributed by atoms with Crippen LogP contribution in [0.25, 0.3) is 49.7 Å². The predicted octanol–water partition coefficient (Wildman–Crippen LogP) is 15.1. The summed E-state index contributed by atoms with van der Waals surface area (Å²) >= 11 is 0. The van der Waals surface area contributed by atoms with E-state index in [9.17, 15) is 0 Å². The van der Waals surface area contributed by atoms with E-state index in [1.807, 2.05) is 0 Å². The molecule has 4 unspecified atom stereocenters. The molecule has 0 amide bonds. The highest BCUT2D eigenvalue weighted by molar-refractivity contribution is 6.09. The summed E-state index contributed by atoms with van der Waals surface area (Å²) < 4.78 is 2.50. The molecule has 9 aromatic rings. The van der Waals surface area contributed by atoms with Gasteiger partial charge in [-0.05, 0) is 105 Å². The first-order valence-electron chi connectivity index (χ1n) is 22.7. The van der Waals surface area contributed by atoms with Gasteiger partial charge in [0.1, 0.15) is 0 Å². The van der Waals surface area contributed by atoms with Crippen LogP contribution in [0.1, 0.15) is 45.6 Å². The maximum atomic E-state index is 2.60. The number of benzene rings is 8. The molecule has 3 nitrogen and oxygen atoms in total. The molecule has 3 aliphatic carbocycles. The van der Waals surface area contributed by atoms with E-state index in [-0.39, 0.29) is 29.8 Å². The van der Waals surface area contributed by atoms with Crippen molar-refractivity contribution in [3.05, 3.63) is 258 Å². The topological polar surface area (TPSA) is 11.4 Å².